The van der Waals surface area contributed by atoms with Gasteiger partial charge in [-0.15, -0.1) is 0 Å². The maximum absolute atomic E-state index is 12.6. The Kier molecular flexibility index (Phi) is 5.58. The van der Waals surface area contributed by atoms with E-state index in [1.54, 1.807) is 44.6 Å². The smallest absolute Gasteiger partial charge is 0.302 e. The van der Waals surface area contributed by atoms with Crippen LogP contribution in [0.3, 0.4) is 0 Å². The fraction of sp³-hybridized carbons (Fsp3) is 0.263. The molecule has 0 aliphatic carbocycles. The van der Waals surface area contributed by atoms with Gasteiger partial charge in [0.1, 0.15) is 18.1 Å². The summed E-state index contributed by atoms with van der Waals surface area (Å²) in [6.07, 6.45) is 0. The standard InChI is InChI=1S/C19H19O5/c1-12-17(22-3)9-16(10-18(12)23-4)19(21)15-7-5-14(6-8-15)11-24-13(2)20/h5-7,9-10H,11H2,1-4H3. The molecule has 5 nitrogen and oxygen atoms in total. The van der Waals surface area contributed by atoms with Crippen LogP contribution in [0, 0.1) is 13.0 Å². The maximum Gasteiger partial charge on any atom is 0.302 e. The molecule has 0 fully saturated rings. The van der Waals surface area contributed by atoms with Crippen LogP contribution in [-0.2, 0) is 16.1 Å². The highest BCUT2D eigenvalue weighted by Crippen LogP contribution is 2.30. The quantitative estimate of drug-likeness (QED) is 0.602. The molecule has 0 N–H and O–H groups in total. The molecule has 2 rings (SSSR count). The monoisotopic (exact) mass is 327 g/mol. The van der Waals surface area contributed by atoms with Gasteiger partial charge in [-0.3, -0.25) is 9.59 Å². The van der Waals surface area contributed by atoms with Crippen molar-refractivity contribution >= 4 is 11.8 Å². The van der Waals surface area contributed by atoms with Crippen molar-refractivity contribution in [1.29, 1.82) is 0 Å². The minimum atomic E-state index is -0.353. The van der Waals surface area contributed by atoms with Crippen LogP contribution in [0.15, 0.2) is 30.3 Å². The van der Waals surface area contributed by atoms with Crippen LogP contribution in [0.25, 0.3) is 0 Å². The molecule has 0 saturated heterocycles. The number of hydrogen-bond acceptors (Lipinski definition) is 5. The number of carbonyl (C=O) groups excluding carboxylic acids is 2. The summed E-state index contributed by atoms with van der Waals surface area (Å²) in [5.74, 6) is 0.632. The van der Waals surface area contributed by atoms with Gasteiger partial charge in [0, 0.05) is 23.6 Å². The molecule has 2 aromatic carbocycles. The number of methoxy groups -OCH3 is 2. The summed E-state index contributed by atoms with van der Waals surface area (Å²) in [6.45, 7) is 3.37. The molecule has 0 bridgehead atoms. The first-order valence-electron chi connectivity index (χ1n) is 7.37. The van der Waals surface area contributed by atoms with Gasteiger partial charge < -0.3 is 14.2 Å². The molecule has 2 aromatic rings. The van der Waals surface area contributed by atoms with E-state index in [2.05, 4.69) is 6.07 Å². The van der Waals surface area contributed by atoms with Gasteiger partial charge in [0.15, 0.2) is 5.78 Å². The molecule has 1 radical (unpaired) electrons. The fourth-order valence-corrected chi connectivity index (χ4v) is 2.25. The van der Waals surface area contributed by atoms with E-state index in [4.69, 9.17) is 14.2 Å². The van der Waals surface area contributed by atoms with E-state index >= 15 is 0 Å². The van der Waals surface area contributed by atoms with Crippen LogP contribution in [-0.4, -0.2) is 26.0 Å². The first kappa shape index (κ1) is 17.5. The lowest BCUT2D eigenvalue weighted by molar-refractivity contribution is -0.142. The average Bonchev–Trinajstić information content (AvgIpc) is 2.60. The third kappa shape index (κ3) is 3.93. The first-order valence-corrected chi connectivity index (χ1v) is 7.37. The molecule has 0 atom stereocenters. The van der Waals surface area contributed by atoms with E-state index in [0.29, 0.717) is 22.6 Å². The fourth-order valence-electron chi connectivity index (χ4n) is 2.25. The highest BCUT2D eigenvalue weighted by Gasteiger charge is 2.15. The van der Waals surface area contributed by atoms with E-state index in [1.807, 2.05) is 6.92 Å². The molecular formula is C19H19O5. The summed E-state index contributed by atoms with van der Waals surface area (Å²) in [7, 11) is 3.10. The first-order chi connectivity index (χ1) is 11.5. The molecule has 0 aromatic heterocycles. The second kappa shape index (κ2) is 7.64. The maximum atomic E-state index is 12.6. The van der Waals surface area contributed by atoms with Crippen molar-refractivity contribution in [3.05, 3.63) is 58.7 Å². The number of hydrogen-bond donors (Lipinski definition) is 0. The van der Waals surface area contributed by atoms with Crippen LogP contribution in [0.5, 0.6) is 11.5 Å². The largest absolute Gasteiger partial charge is 0.496 e. The van der Waals surface area contributed by atoms with Crippen molar-refractivity contribution in [2.45, 2.75) is 20.5 Å². The second-order valence-electron chi connectivity index (χ2n) is 5.23. The lowest BCUT2D eigenvalue weighted by Gasteiger charge is -2.12. The third-order valence-electron chi connectivity index (χ3n) is 3.58. The molecule has 0 amide bonds. The topological polar surface area (TPSA) is 61.8 Å². The predicted molar refractivity (Wildman–Crippen MR) is 88.5 cm³/mol. The summed E-state index contributed by atoms with van der Waals surface area (Å²) in [5.41, 5.74) is 2.46. The van der Waals surface area contributed by atoms with Crippen LogP contribution in [0.1, 0.15) is 34.0 Å². The SMILES string of the molecule is COc1cc(C(=O)c2[c]cc(COC(C)=O)cc2)cc(OC)c1C. The van der Waals surface area contributed by atoms with Crippen molar-refractivity contribution < 1.29 is 23.8 Å². The van der Waals surface area contributed by atoms with Gasteiger partial charge >= 0.3 is 5.97 Å². The summed E-state index contributed by atoms with van der Waals surface area (Å²) < 4.78 is 15.5. The van der Waals surface area contributed by atoms with Crippen molar-refractivity contribution in [3.8, 4) is 11.5 Å². The molecule has 0 heterocycles. The van der Waals surface area contributed by atoms with Crippen molar-refractivity contribution in [2.24, 2.45) is 0 Å². The minimum absolute atomic E-state index is 0.159. The van der Waals surface area contributed by atoms with Gasteiger partial charge in [-0.25, -0.2) is 0 Å². The third-order valence-corrected chi connectivity index (χ3v) is 3.58. The molecule has 5 heteroatoms. The van der Waals surface area contributed by atoms with E-state index in [9.17, 15) is 9.59 Å². The predicted octanol–water partition coefficient (Wildman–Crippen LogP) is 3.11. The van der Waals surface area contributed by atoms with E-state index in [1.165, 1.54) is 6.92 Å². The number of esters is 1. The Morgan fingerprint density at radius 1 is 1.08 bits per heavy atom. The molecule has 0 spiro atoms. The Labute approximate surface area is 141 Å². The second-order valence-corrected chi connectivity index (χ2v) is 5.23. The Morgan fingerprint density at radius 3 is 2.17 bits per heavy atom. The summed E-state index contributed by atoms with van der Waals surface area (Å²) in [5, 5.41) is 0. The molecule has 0 aliphatic rings. The minimum Gasteiger partial charge on any atom is -0.496 e. The van der Waals surface area contributed by atoms with Crippen LogP contribution < -0.4 is 9.47 Å². The number of carbonyl (C=O) groups is 2. The molecular weight excluding hydrogens is 308 g/mol. The lowest BCUT2D eigenvalue weighted by Crippen LogP contribution is -2.05. The highest BCUT2D eigenvalue weighted by atomic mass is 16.5. The van der Waals surface area contributed by atoms with Gasteiger partial charge in [0.05, 0.1) is 14.2 Å². The van der Waals surface area contributed by atoms with E-state index in [-0.39, 0.29) is 18.4 Å². The van der Waals surface area contributed by atoms with Gasteiger partial charge in [-0.1, -0.05) is 12.1 Å². The molecule has 0 unspecified atom stereocenters. The van der Waals surface area contributed by atoms with Crippen LogP contribution in [0.2, 0.25) is 0 Å². The van der Waals surface area contributed by atoms with Crippen LogP contribution >= 0.6 is 0 Å². The Morgan fingerprint density at radius 2 is 1.71 bits per heavy atom. The van der Waals surface area contributed by atoms with Gasteiger partial charge in [-0.2, -0.15) is 0 Å². The zero-order valence-electron chi connectivity index (χ0n) is 14.1. The van der Waals surface area contributed by atoms with E-state index in [0.717, 1.165) is 11.1 Å². The molecule has 0 saturated carbocycles. The lowest BCUT2D eigenvalue weighted by atomic mass is 10.00. The van der Waals surface area contributed by atoms with Crippen molar-refractivity contribution in [2.75, 3.05) is 14.2 Å². The van der Waals surface area contributed by atoms with Crippen LogP contribution in [0.4, 0.5) is 0 Å². The Hall–Kier alpha value is -2.82. The average molecular weight is 327 g/mol. The van der Waals surface area contributed by atoms with E-state index < -0.39 is 0 Å². The zero-order chi connectivity index (χ0) is 17.7. The zero-order valence-corrected chi connectivity index (χ0v) is 14.1. The van der Waals surface area contributed by atoms with Gasteiger partial charge in [-0.05, 0) is 36.8 Å². The summed E-state index contributed by atoms with van der Waals surface area (Å²) in [6, 6.07) is 11.3. The van der Waals surface area contributed by atoms with Gasteiger partial charge in [0.25, 0.3) is 0 Å². The molecule has 24 heavy (non-hydrogen) atoms. The summed E-state index contributed by atoms with van der Waals surface area (Å²) in [4.78, 5) is 23.5. The number of ketones is 1. The molecule has 0 aliphatic heterocycles. The van der Waals surface area contributed by atoms with Gasteiger partial charge in [0.2, 0.25) is 0 Å². The number of ether oxygens (including phenoxy) is 3. The Bertz CT molecular complexity index is 722. The molecule has 125 valence electrons. The van der Waals surface area contributed by atoms with Crippen molar-refractivity contribution in [1.82, 2.24) is 0 Å². The Balaban J connectivity index is 2.27. The summed E-state index contributed by atoms with van der Waals surface area (Å²) >= 11 is 0. The number of benzene rings is 2. The van der Waals surface area contributed by atoms with Crippen molar-refractivity contribution in [3.63, 3.8) is 0 Å². The normalized spacial score (nSPS) is 10.2. The number of rotatable bonds is 6. The highest BCUT2D eigenvalue weighted by molar-refractivity contribution is 6.09.